The number of amides is 1. The van der Waals surface area contributed by atoms with Gasteiger partial charge in [0.2, 0.25) is 5.91 Å². The van der Waals surface area contributed by atoms with Crippen LogP contribution < -0.4 is 10.6 Å². The summed E-state index contributed by atoms with van der Waals surface area (Å²) in [6, 6.07) is 0. The molecule has 3 heteroatoms. The molecule has 0 aliphatic heterocycles. The molecule has 1 rings (SSSR count). The Labute approximate surface area is 79.6 Å². The lowest BCUT2D eigenvalue weighted by molar-refractivity contribution is -0.124. The standard InChI is InChI=1S/C10H18N2O/c1-2-11-7-8-12-10(13)9-5-3-4-6-9/h3-4,9,11H,2,5-8H2,1H3,(H,12,13). The lowest BCUT2D eigenvalue weighted by Crippen LogP contribution is -2.35. The molecule has 0 unspecified atom stereocenters. The second-order valence-electron chi connectivity index (χ2n) is 3.28. The van der Waals surface area contributed by atoms with E-state index in [1.165, 1.54) is 0 Å². The minimum absolute atomic E-state index is 0.196. The number of hydrogen-bond donors (Lipinski definition) is 2. The summed E-state index contributed by atoms with van der Waals surface area (Å²) in [4.78, 5) is 11.4. The normalized spacial score (nSPS) is 16.4. The Bertz CT molecular complexity index is 181. The largest absolute Gasteiger partial charge is 0.355 e. The molecule has 0 saturated carbocycles. The Kier molecular flexibility index (Phi) is 4.54. The average molecular weight is 182 g/mol. The summed E-state index contributed by atoms with van der Waals surface area (Å²) in [5.74, 6) is 0.393. The number of rotatable bonds is 5. The van der Waals surface area contributed by atoms with Crippen LogP contribution in [0.2, 0.25) is 0 Å². The highest BCUT2D eigenvalue weighted by Gasteiger charge is 2.17. The molecular formula is C10H18N2O. The molecule has 3 nitrogen and oxygen atoms in total. The van der Waals surface area contributed by atoms with Crippen molar-refractivity contribution >= 4 is 5.91 Å². The molecule has 0 fully saturated rings. The molecule has 1 amide bonds. The topological polar surface area (TPSA) is 41.1 Å². The van der Waals surface area contributed by atoms with E-state index >= 15 is 0 Å². The van der Waals surface area contributed by atoms with E-state index in [0.717, 1.165) is 32.5 Å². The minimum Gasteiger partial charge on any atom is -0.355 e. The van der Waals surface area contributed by atoms with Crippen LogP contribution in [-0.2, 0) is 4.79 Å². The number of likely N-dealkylation sites (N-methyl/N-ethyl adjacent to an activating group) is 1. The molecule has 0 aromatic heterocycles. The molecule has 0 spiro atoms. The van der Waals surface area contributed by atoms with Gasteiger partial charge in [-0.2, -0.15) is 0 Å². The third-order valence-corrected chi connectivity index (χ3v) is 2.23. The van der Waals surface area contributed by atoms with Crippen molar-refractivity contribution in [2.24, 2.45) is 5.92 Å². The van der Waals surface area contributed by atoms with Gasteiger partial charge in [0.25, 0.3) is 0 Å². The lowest BCUT2D eigenvalue weighted by Gasteiger charge is -2.10. The van der Waals surface area contributed by atoms with Gasteiger partial charge in [-0.1, -0.05) is 19.1 Å². The van der Waals surface area contributed by atoms with Crippen LogP contribution in [0.1, 0.15) is 19.8 Å². The van der Waals surface area contributed by atoms with E-state index in [9.17, 15) is 4.79 Å². The quantitative estimate of drug-likeness (QED) is 0.485. The summed E-state index contributed by atoms with van der Waals surface area (Å²) < 4.78 is 0. The smallest absolute Gasteiger partial charge is 0.223 e. The van der Waals surface area contributed by atoms with Crippen LogP contribution in [0.5, 0.6) is 0 Å². The van der Waals surface area contributed by atoms with E-state index < -0.39 is 0 Å². The first-order valence-electron chi connectivity index (χ1n) is 4.98. The van der Waals surface area contributed by atoms with Gasteiger partial charge in [0.05, 0.1) is 0 Å². The SMILES string of the molecule is CCNCCNC(=O)C1CC=CC1. The Hall–Kier alpha value is -0.830. The van der Waals surface area contributed by atoms with Crippen LogP contribution in [0, 0.1) is 5.92 Å². The summed E-state index contributed by atoms with van der Waals surface area (Å²) in [6.07, 6.45) is 5.98. The summed E-state index contributed by atoms with van der Waals surface area (Å²) in [5.41, 5.74) is 0. The van der Waals surface area contributed by atoms with Gasteiger partial charge in [0.1, 0.15) is 0 Å². The maximum atomic E-state index is 11.4. The highest BCUT2D eigenvalue weighted by molar-refractivity contribution is 5.79. The fourth-order valence-electron chi connectivity index (χ4n) is 1.43. The third kappa shape index (κ3) is 3.59. The molecule has 0 radical (unpaired) electrons. The van der Waals surface area contributed by atoms with E-state index in [0.29, 0.717) is 0 Å². The summed E-state index contributed by atoms with van der Waals surface area (Å²) in [5, 5.41) is 6.08. The highest BCUT2D eigenvalue weighted by atomic mass is 16.1. The Morgan fingerprint density at radius 1 is 1.38 bits per heavy atom. The van der Waals surface area contributed by atoms with Crippen molar-refractivity contribution in [2.75, 3.05) is 19.6 Å². The van der Waals surface area contributed by atoms with Gasteiger partial charge in [-0.05, 0) is 19.4 Å². The van der Waals surface area contributed by atoms with Gasteiger partial charge >= 0.3 is 0 Å². The molecular weight excluding hydrogens is 164 g/mol. The molecule has 0 heterocycles. The molecule has 1 aliphatic rings. The highest BCUT2D eigenvalue weighted by Crippen LogP contribution is 2.17. The van der Waals surface area contributed by atoms with Crippen molar-refractivity contribution in [3.05, 3.63) is 12.2 Å². The fraction of sp³-hybridized carbons (Fsp3) is 0.700. The molecule has 0 bridgehead atoms. The lowest BCUT2D eigenvalue weighted by atomic mass is 10.1. The number of allylic oxidation sites excluding steroid dienone is 2. The van der Waals surface area contributed by atoms with Crippen LogP contribution in [-0.4, -0.2) is 25.5 Å². The molecule has 2 N–H and O–H groups in total. The Morgan fingerprint density at radius 2 is 2.08 bits per heavy atom. The Morgan fingerprint density at radius 3 is 2.69 bits per heavy atom. The maximum Gasteiger partial charge on any atom is 0.223 e. The van der Waals surface area contributed by atoms with Gasteiger partial charge < -0.3 is 10.6 Å². The maximum absolute atomic E-state index is 11.4. The van der Waals surface area contributed by atoms with Crippen LogP contribution in [0.25, 0.3) is 0 Å². The fourth-order valence-corrected chi connectivity index (χ4v) is 1.43. The van der Waals surface area contributed by atoms with Crippen molar-refractivity contribution in [3.8, 4) is 0 Å². The average Bonchev–Trinajstić information content (AvgIpc) is 2.65. The second-order valence-corrected chi connectivity index (χ2v) is 3.28. The van der Waals surface area contributed by atoms with Crippen molar-refractivity contribution in [2.45, 2.75) is 19.8 Å². The van der Waals surface area contributed by atoms with Gasteiger partial charge in [-0.3, -0.25) is 4.79 Å². The first-order chi connectivity index (χ1) is 6.34. The van der Waals surface area contributed by atoms with E-state index in [1.54, 1.807) is 0 Å². The summed E-state index contributed by atoms with van der Waals surface area (Å²) in [6.45, 7) is 4.62. The van der Waals surface area contributed by atoms with E-state index in [1.807, 2.05) is 0 Å². The van der Waals surface area contributed by atoms with Crippen molar-refractivity contribution in [1.82, 2.24) is 10.6 Å². The molecule has 1 aliphatic carbocycles. The molecule has 13 heavy (non-hydrogen) atoms. The number of carbonyl (C=O) groups is 1. The minimum atomic E-state index is 0.196. The predicted molar refractivity (Wildman–Crippen MR) is 53.4 cm³/mol. The predicted octanol–water partition coefficient (Wildman–Crippen LogP) is 0.678. The number of hydrogen-bond acceptors (Lipinski definition) is 2. The second kappa shape index (κ2) is 5.75. The summed E-state index contributed by atoms with van der Waals surface area (Å²) in [7, 11) is 0. The monoisotopic (exact) mass is 182 g/mol. The summed E-state index contributed by atoms with van der Waals surface area (Å²) >= 11 is 0. The van der Waals surface area contributed by atoms with Crippen LogP contribution >= 0.6 is 0 Å². The van der Waals surface area contributed by atoms with E-state index in [4.69, 9.17) is 0 Å². The van der Waals surface area contributed by atoms with Gasteiger partial charge in [-0.15, -0.1) is 0 Å². The Balaban J connectivity index is 2.04. The van der Waals surface area contributed by atoms with Crippen molar-refractivity contribution < 1.29 is 4.79 Å². The molecule has 74 valence electrons. The number of nitrogens with one attached hydrogen (secondary N) is 2. The third-order valence-electron chi connectivity index (χ3n) is 2.23. The first kappa shape index (κ1) is 10.3. The van der Waals surface area contributed by atoms with Gasteiger partial charge in [-0.25, -0.2) is 0 Å². The molecule has 0 aromatic carbocycles. The van der Waals surface area contributed by atoms with Gasteiger partial charge in [0.15, 0.2) is 0 Å². The van der Waals surface area contributed by atoms with Crippen LogP contribution in [0.3, 0.4) is 0 Å². The molecule has 0 saturated heterocycles. The zero-order chi connectivity index (χ0) is 9.52. The van der Waals surface area contributed by atoms with Crippen molar-refractivity contribution in [1.29, 1.82) is 0 Å². The zero-order valence-electron chi connectivity index (χ0n) is 8.18. The zero-order valence-corrected chi connectivity index (χ0v) is 8.18. The van der Waals surface area contributed by atoms with E-state index in [2.05, 4.69) is 29.7 Å². The number of carbonyl (C=O) groups excluding carboxylic acids is 1. The molecule has 0 aromatic rings. The van der Waals surface area contributed by atoms with Gasteiger partial charge in [0, 0.05) is 19.0 Å². The van der Waals surface area contributed by atoms with Crippen LogP contribution in [0.15, 0.2) is 12.2 Å². The van der Waals surface area contributed by atoms with Crippen LogP contribution in [0.4, 0.5) is 0 Å². The molecule has 0 atom stereocenters. The van der Waals surface area contributed by atoms with Crippen molar-refractivity contribution in [3.63, 3.8) is 0 Å². The van der Waals surface area contributed by atoms with E-state index in [-0.39, 0.29) is 11.8 Å². The first-order valence-corrected chi connectivity index (χ1v) is 4.98.